The molecule has 2 aliphatic rings. The van der Waals surface area contributed by atoms with E-state index in [1.54, 1.807) is 0 Å². The van der Waals surface area contributed by atoms with E-state index in [2.05, 4.69) is 21.7 Å². The second-order valence-corrected chi connectivity index (χ2v) is 6.32. The van der Waals surface area contributed by atoms with Crippen LogP contribution in [0.15, 0.2) is 6.33 Å². The van der Waals surface area contributed by atoms with Crippen molar-refractivity contribution in [3.8, 4) is 0 Å². The third-order valence-electron chi connectivity index (χ3n) is 4.63. The zero-order valence-electron chi connectivity index (χ0n) is 12.7. The number of hydrogen-bond donors (Lipinski definition) is 1. The van der Waals surface area contributed by atoms with Gasteiger partial charge in [-0.25, -0.2) is 0 Å². The Morgan fingerprint density at radius 1 is 1.38 bits per heavy atom. The van der Waals surface area contributed by atoms with Crippen LogP contribution in [0.25, 0.3) is 0 Å². The molecular formula is C15H25N5O. The van der Waals surface area contributed by atoms with Crippen LogP contribution in [0.2, 0.25) is 0 Å². The van der Waals surface area contributed by atoms with Gasteiger partial charge < -0.3 is 15.2 Å². The summed E-state index contributed by atoms with van der Waals surface area (Å²) in [5, 5.41) is 8.40. The molecule has 1 aromatic heterocycles. The van der Waals surface area contributed by atoms with E-state index in [4.69, 9.17) is 5.73 Å². The monoisotopic (exact) mass is 291 g/mol. The number of rotatable bonds is 5. The molecule has 6 nitrogen and oxygen atoms in total. The van der Waals surface area contributed by atoms with Crippen molar-refractivity contribution < 1.29 is 4.79 Å². The average molecular weight is 291 g/mol. The number of carbonyl (C=O) groups is 1. The molecule has 0 bridgehead atoms. The number of aromatic nitrogens is 3. The molecule has 21 heavy (non-hydrogen) atoms. The summed E-state index contributed by atoms with van der Waals surface area (Å²) >= 11 is 0. The first kappa shape index (κ1) is 14.5. The lowest BCUT2D eigenvalue weighted by Gasteiger charge is -2.33. The van der Waals surface area contributed by atoms with Crippen LogP contribution in [0.5, 0.6) is 0 Å². The van der Waals surface area contributed by atoms with Crippen molar-refractivity contribution in [3.63, 3.8) is 0 Å². The maximum atomic E-state index is 12.2. The van der Waals surface area contributed by atoms with E-state index in [0.29, 0.717) is 12.0 Å². The summed E-state index contributed by atoms with van der Waals surface area (Å²) in [4.78, 5) is 14.2. The number of amides is 1. The van der Waals surface area contributed by atoms with E-state index in [1.807, 2.05) is 11.2 Å². The molecule has 1 saturated heterocycles. The van der Waals surface area contributed by atoms with E-state index in [0.717, 1.165) is 44.6 Å². The summed E-state index contributed by atoms with van der Waals surface area (Å²) in [5.41, 5.74) is 5.94. The van der Waals surface area contributed by atoms with Crippen LogP contribution >= 0.6 is 0 Å². The molecule has 0 radical (unpaired) electrons. The van der Waals surface area contributed by atoms with Gasteiger partial charge in [0.05, 0.1) is 6.04 Å². The van der Waals surface area contributed by atoms with E-state index >= 15 is 0 Å². The molecule has 116 valence electrons. The largest absolute Gasteiger partial charge is 0.341 e. The number of hydrogen-bond acceptors (Lipinski definition) is 4. The van der Waals surface area contributed by atoms with Crippen molar-refractivity contribution in [2.75, 3.05) is 13.1 Å². The molecule has 2 heterocycles. The van der Waals surface area contributed by atoms with E-state index in [-0.39, 0.29) is 11.9 Å². The molecule has 1 aliphatic heterocycles. The summed E-state index contributed by atoms with van der Waals surface area (Å²) < 4.78 is 2.24. The molecule has 0 aromatic carbocycles. The Hall–Kier alpha value is -1.43. The van der Waals surface area contributed by atoms with Crippen LogP contribution in [0.4, 0.5) is 0 Å². The highest BCUT2D eigenvalue weighted by Crippen LogP contribution is 2.38. The van der Waals surface area contributed by atoms with Gasteiger partial charge in [0.25, 0.3) is 0 Å². The molecule has 1 saturated carbocycles. The fourth-order valence-corrected chi connectivity index (χ4v) is 3.20. The van der Waals surface area contributed by atoms with Crippen LogP contribution in [-0.2, 0) is 4.79 Å². The summed E-state index contributed by atoms with van der Waals surface area (Å²) in [6, 6.07) is 0.286. The third-order valence-corrected chi connectivity index (χ3v) is 4.63. The Morgan fingerprint density at radius 3 is 2.71 bits per heavy atom. The molecule has 1 amide bonds. The molecule has 2 fully saturated rings. The minimum Gasteiger partial charge on any atom is -0.341 e. The van der Waals surface area contributed by atoms with Crippen LogP contribution in [-0.4, -0.2) is 44.7 Å². The Bertz CT molecular complexity index is 488. The Morgan fingerprint density at radius 2 is 2.10 bits per heavy atom. The minimum atomic E-state index is -0.332. The quantitative estimate of drug-likeness (QED) is 0.890. The predicted molar refractivity (Wildman–Crippen MR) is 79.7 cm³/mol. The topological polar surface area (TPSA) is 77.0 Å². The molecular weight excluding hydrogens is 266 g/mol. The van der Waals surface area contributed by atoms with Crippen LogP contribution in [0.1, 0.15) is 63.2 Å². The summed E-state index contributed by atoms with van der Waals surface area (Å²) in [5.74, 6) is 1.65. The van der Waals surface area contributed by atoms with Crippen LogP contribution in [0.3, 0.4) is 0 Å². The third kappa shape index (κ3) is 3.10. The van der Waals surface area contributed by atoms with Crippen molar-refractivity contribution in [3.05, 3.63) is 12.2 Å². The van der Waals surface area contributed by atoms with Gasteiger partial charge in [0.15, 0.2) is 0 Å². The summed E-state index contributed by atoms with van der Waals surface area (Å²) in [6.45, 7) is 3.64. The van der Waals surface area contributed by atoms with E-state index in [9.17, 15) is 4.79 Å². The SMILES string of the molecule is CCCC(N)C(=O)N1CCC(c2nncn2C2CC2)CC1. The lowest BCUT2D eigenvalue weighted by molar-refractivity contribution is -0.133. The van der Waals surface area contributed by atoms with Gasteiger partial charge in [-0.1, -0.05) is 13.3 Å². The Balaban J connectivity index is 1.57. The van der Waals surface area contributed by atoms with Gasteiger partial charge >= 0.3 is 0 Å². The number of likely N-dealkylation sites (tertiary alicyclic amines) is 1. The van der Waals surface area contributed by atoms with Gasteiger partial charge in [0, 0.05) is 25.0 Å². The molecule has 3 rings (SSSR count). The van der Waals surface area contributed by atoms with Crippen LogP contribution in [0, 0.1) is 0 Å². The second-order valence-electron chi connectivity index (χ2n) is 6.32. The maximum absolute atomic E-state index is 12.2. The van der Waals surface area contributed by atoms with Crippen molar-refractivity contribution in [1.29, 1.82) is 0 Å². The molecule has 1 aromatic rings. The Kier molecular flexibility index (Phi) is 4.24. The fraction of sp³-hybridized carbons (Fsp3) is 0.800. The zero-order chi connectivity index (χ0) is 14.8. The number of nitrogens with two attached hydrogens (primary N) is 1. The van der Waals surface area contributed by atoms with Gasteiger partial charge in [0.1, 0.15) is 12.2 Å². The van der Waals surface area contributed by atoms with Crippen molar-refractivity contribution >= 4 is 5.91 Å². The van der Waals surface area contributed by atoms with Gasteiger partial charge in [-0.05, 0) is 32.1 Å². The van der Waals surface area contributed by atoms with Crippen molar-refractivity contribution in [1.82, 2.24) is 19.7 Å². The highest BCUT2D eigenvalue weighted by atomic mass is 16.2. The Labute approximate surface area is 125 Å². The maximum Gasteiger partial charge on any atom is 0.239 e. The van der Waals surface area contributed by atoms with Gasteiger partial charge in [-0.15, -0.1) is 10.2 Å². The summed E-state index contributed by atoms with van der Waals surface area (Å²) in [7, 11) is 0. The molecule has 0 spiro atoms. The predicted octanol–water partition coefficient (Wildman–Crippen LogP) is 1.45. The standard InChI is InChI=1S/C15H25N5O/c1-2-3-13(16)15(21)19-8-6-11(7-9-19)14-18-17-10-20(14)12-4-5-12/h10-13H,2-9,16H2,1H3. The normalized spacial score (nSPS) is 21.5. The van der Waals surface area contributed by atoms with E-state index in [1.165, 1.54) is 12.8 Å². The molecule has 1 atom stereocenters. The first-order chi connectivity index (χ1) is 10.2. The smallest absolute Gasteiger partial charge is 0.239 e. The van der Waals surface area contributed by atoms with E-state index < -0.39 is 0 Å². The lowest BCUT2D eigenvalue weighted by Crippen LogP contribution is -2.47. The summed E-state index contributed by atoms with van der Waals surface area (Å²) in [6.07, 6.45) is 8.01. The molecule has 1 unspecified atom stereocenters. The second kappa shape index (κ2) is 6.13. The van der Waals surface area contributed by atoms with Crippen molar-refractivity contribution in [2.24, 2.45) is 5.73 Å². The minimum absolute atomic E-state index is 0.110. The number of nitrogens with zero attached hydrogens (tertiary/aromatic N) is 4. The average Bonchev–Trinajstić information content (AvgIpc) is 3.24. The molecule has 2 N–H and O–H groups in total. The highest BCUT2D eigenvalue weighted by molar-refractivity contribution is 5.81. The zero-order valence-corrected chi connectivity index (χ0v) is 12.7. The fourth-order valence-electron chi connectivity index (χ4n) is 3.20. The van der Waals surface area contributed by atoms with Gasteiger partial charge in [0.2, 0.25) is 5.91 Å². The van der Waals surface area contributed by atoms with Crippen molar-refractivity contribution in [2.45, 2.75) is 63.5 Å². The van der Waals surface area contributed by atoms with Gasteiger partial charge in [-0.2, -0.15) is 0 Å². The highest BCUT2D eigenvalue weighted by Gasteiger charge is 2.32. The lowest BCUT2D eigenvalue weighted by atomic mass is 9.95. The molecule has 6 heteroatoms. The molecule has 1 aliphatic carbocycles. The first-order valence-electron chi connectivity index (χ1n) is 8.14. The van der Waals surface area contributed by atoms with Crippen LogP contribution < -0.4 is 5.73 Å². The first-order valence-corrected chi connectivity index (χ1v) is 8.14. The number of piperidine rings is 1. The van der Waals surface area contributed by atoms with Gasteiger partial charge in [-0.3, -0.25) is 4.79 Å². The number of carbonyl (C=O) groups excluding carboxylic acids is 1.